The van der Waals surface area contributed by atoms with Gasteiger partial charge in [-0.2, -0.15) is 15.8 Å². The van der Waals surface area contributed by atoms with Gasteiger partial charge in [0.15, 0.2) is 0 Å². The zero-order valence-corrected chi connectivity index (χ0v) is 28.2. The highest BCUT2D eigenvalue weighted by atomic mass is 32.2. The van der Waals surface area contributed by atoms with Gasteiger partial charge >= 0.3 is 0 Å². The Hall–Kier alpha value is -6.40. The monoisotopic (exact) mass is 665 g/mol. The molecule has 1 unspecified atom stereocenters. The van der Waals surface area contributed by atoms with Crippen LogP contribution in [0.2, 0.25) is 0 Å². The zero-order chi connectivity index (χ0) is 35.1. The minimum atomic E-state index is -0.431. The van der Waals surface area contributed by atoms with Crippen LogP contribution < -0.4 is 0 Å². The number of carbonyl (C=O) groups is 2. The van der Waals surface area contributed by atoms with Gasteiger partial charge in [0.2, 0.25) is 0 Å². The summed E-state index contributed by atoms with van der Waals surface area (Å²) in [6.07, 6.45) is 1.13. The number of carbonyl (C=O) groups excluding carboxylic acids is 2. The average molecular weight is 666 g/mol. The molecule has 0 saturated heterocycles. The molecule has 2 aliphatic heterocycles. The van der Waals surface area contributed by atoms with Gasteiger partial charge in [0.1, 0.15) is 23.3 Å². The predicted molar refractivity (Wildman–Crippen MR) is 197 cm³/mol. The van der Waals surface area contributed by atoms with Crippen LogP contribution in [0.3, 0.4) is 0 Å². The summed E-state index contributed by atoms with van der Waals surface area (Å²) >= 11 is 1.74. The fraction of sp³-hybridized carbons (Fsp3) is 0.119. The summed E-state index contributed by atoms with van der Waals surface area (Å²) in [5, 5.41) is 30.3. The number of hydrogen-bond donors (Lipinski definition) is 0. The maximum Gasteiger partial charge on any atom is 0.288 e. The van der Waals surface area contributed by atoms with Crippen molar-refractivity contribution in [3.63, 3.8) is 0 Å². The van der Waals surface area contributed by atoms with Crippen LogP contribution in [0.4, 0.5) is 0 Å². The summed E-state index contributed by atoms with van der Waals surface area (Å²) in [6.45, 7) is 5.89. The van der Waals surface area contributed by atoms with Crippen LogP contribution in [0.1, 0.15) is 60.9 Å². The van der Waals surface area contributed by atoms with Crippen LogP contribution in [0.25, 0.3) is 32.7 Å². The Morgan fingerprint density at radius 1 is 0.680 bits per heavy atom. The lowest BCUT2D eigenvalue weighted by molar-refractivity contribution is -0.114. The van der Waals surface area contributed by atoms with Gasteiger partial charge in [-0.3, -0.25) is 9.59 Å². The number of nitrogens with zero attached hydrogens (tertiary/aromatic N) is 5. The van der Waals surface area contributed by atoms with Crippen molar-refractivity contribution >= 4 is 67.7 Å². The first-order chi connectivity index (χ1) is 24.3. The second-order valence-corrected chi connectivity index (χ2v) is 13.1. The van der Waals surface area contributed by atoms with Crippen LogP contribution in [0, 0.1) is 34.0 Å². The Balaban J connectivity index is 0.000000159. The number of aliphatic imine (C=N–C) groups is 2. The second-order valence-electron chi connectivity index (χ2n) is 12.0. The Morgan fingerprint density at radius 3 is 1.76 bits per heavy atom. The summed E-state index contributed by atoms with van der Waals surface area (Å²) < 4.78 is 0. The standard InChI is InChI=1S/C25H18N2OS.C15H6N2O.C2H3N/c1-3-14(2)15-7-9-16(10-8-15)29-21-12-11-18-22-17(21)5-4-6-19(22)24-23(18)20(13-26)25(28)27-24;16-7-11-13-9-5-1-3-8-4-2-6-10(12(8)9)14(13)17-15(11)18;1-2-3/h4-12,14H,3H2,1-2H3;1-6H;1H3. The van der Waals surface area contributed by atoms with E-state index in [1.807, 2.05) is 66.7 Å². The van der Waals surface area contributed by atoms with Crippen molar-refractivity contribution in [3.8, 4) is 18.2 Å². The van der Waals surface area contributed by atoms with Crippen LogP contribution >= 0.6 is 11.8 Å². The van der Waals surface area contributed by atoms with Gasteiger partial charge in [-0.1, -0.05) is 98.4 Å². The number of hydrogen-bond acceptors (Lipinski definition) is 6. The number of benzene rings is 5. The molecule has 9 rings (SSSR count). The highest BCUT2D eigenvalue weighted by Gasteiger charge is 2.37. The summed E-state index contributed by atoms with van der Waals surface area (Å²) in [5.41, 5.74) is 8.16. The first-order valence-corrected chi connectivity index (χ1v) is 16.9. The summed E-state index contributed by atoms with van der Waals surface area (Å²) in [5.74, 6) is -0.287. The first-order valence-electron chi connectivity index (χ1n) is 16.1. The summed E-state index contributed by atoms with van der Waals surface area (Å²) in [6, 6.07) is 36.6. The lowest BCUT2D eigenvalue weighted by Crippen LogP contribution is -1.93. The van der Waals surface area contributed by atoms with Gasteiger partial charge in [0, 0.05) is 44.4 Å². The molecule has 5 aromatic carbocycles. The predicted octanol–water partition coefficient (Wildman–Crippen LogP) is 9.11. The number of amides is 2. The molecule has 7 nitrogen and oxygen atoms in total. The van der Waals surface area contributed by atoms with Gasteiger partial charge in [0.05, 0.1) is 17.5 Å². The van der Waals surface area contributed by atoms with Gasteiger partial charge < -0.3 is 0 Å². The second kappa shape index (κ2) is 12.9. The van der Waals surface area contributed by atoms with E-state index in [1.165, 1.54) is 17.4 Å². The molecule has 5 aromatic rings. The molecule has 0 radical (unpaired) electrons. The highest BCUT2D eigenvalue weighted by Crippen LogP contribution is 2.46. The topological polar surface area (TPSA) is 130 Å². The molecule has 0 spiro atoms. The average Bonchev–Trinajstić information content (AvgIpc) is 3.84. The largest absolute Gasteiger partial charge is 0.288 e. The van der Waals surface area contributed by atoms with E-state index in [4.69, 9.17) is 10.5 Å². The molecule has 0 bridgehead atoms. The highest BCUT2D eigenvalue weighted by molar-refractivity contribution is 7.99. The van der Waals surface area contributed by atoms with E-state index in [9.17, 15) is 14.9 Å². The SMILES string of the molecule is CC#N.CCC(C)c1ccc(Sc2ccc3c4c(cccc24)C2=NC(=O)C(C#N)=C23)cc1.N#CC1=C2C(=NC1=O)c1cccc3cccc2c13. The first kappa shape index (κ1) is 32.2. The molecule has 4 aliphatic rings. The van der Waals surface area contributed by atoms with E-state index in [2.05, 4.69) is 60.2 Å². The van der Waals surface area contributed by atoms with E-state index < -0.39 is 11.8 Å². The van der Waals surface area contributed by atoms with Gasteiger partial charge in [-0.15, -0.1) is 0 Å². The van der Waals surface area contributed by atoms with E-state index in [0.717, 1.165) is 55.1 Å². The van der Waals surface area contributed by atoms with Gasteiger partial charge in [-0.05, 0) is 63.4 Å². The Kier molecular flexibility index (Phi) is 8.30. The smallest absolute Gasteiger partial charge is 0.266 e. The Bertz CT molecular complexity index is 2580. The number of rotatable bonds is 4. The third-order valence-electron chi connectivity index (χ3n) is 9.30. The molecule has 50 heavy (non-hydrogen) atoms. The summed E-state index contributed by atoms with van der Waals surface area (Å²) in [4.78, 5) is 34.3. The third-order valence-corrected chi connectivity index (χ3v) is 10.4. The molecule has 2 heterocycles. The van der Waals surface area contributed by atoms with E-state index >= 15 is 0 Å². The molecule has 0 N–H and O–H groups in total. The molecule has 0 aromatic heterocycles. The molecular formula is C42H27N5O2S. The van der Waals surface area contributed by atoms with E-state index in [0.29, 0.717) is 28.5 Å². The van der Waals surface area contributed by atoms with Crippen molar-refractivity contribution < 1.29 is 9.59 Å². The van der Waals surface area contributed by atoms with Crippen molar-refractivity contribution in [3.05, 3.63) is 130 Å². The minimum Gasteiger partial charge on any atom is -0.266 e. The van der Waals surface area contributed by atoms with E-state index in [-0.39, 0.29) is 11.1 Å². The maximum absolute atomic E-state index is 12.1. The molecular weight excluding hydrogens is 639 g/mol. The van der Waals surface area contributed by atoms with Crippen molar-refractivity contribution in [1.82, 2.24) is 0 Å². The molecule has 238 valence electrons. The van der Waals surface area contributed by atoms with Crippen molar-refractivity contribution in [2.75, 3.05) is 0 Å². The zero-order valence-electron chi connectivity index (χ0n) is 27.4. The van der Waals surface area contributed by atoms with Crippen LogP contribution in [-0.2, 0) is 9.59 Å². The van der Waals surface area contributed by atoms with E-state index in [1.54, 1.807) is 17.8 Å². The lowest BCUT2D eigenvalue weighted by Gasteiger charge is -2.11. The molecule has 1 atom stereocenters. The third kappa shape index (κ3) is 5.04. The molecule has 0 fully saturated rings. The quantitative estimate of drug-likeness (QED) is 0.188. The summed E-state index contributed by atoms with van der Waals surface area (Å²) in [7, 11) is 0. The van der Waals surface area contributed by atoms with Crippen LogP contribution in [0.5, 0.6) is 0 Å². The fourth-order valence-electron chi connectivity index (χ4n) is 6.85. The number of fused-ring (bicyclic) bond motifs is 6. The van der Waals surface area contributed by atoms with Crippen LogP contribution in [-0.4, -0.2) is 23.2 Å². The lowest BCUT2D eigenvalue weighted by atomic mass is 9.99. The number of nitriles is 3. The molecule has 2 amide bonds. The fourth-order valence-corrected chi connectivity index (χ4v) is 7.79. The van der Waals surface area contributed by atoms with Gasteiger partial charge in [-0.25, -0.2) is 9.98 Å². The number of allylic oxidation sites excluding steroid dienone is 2. The van der Waals surface area contributed by atoms with Gasteiger partial charge in [0.25, 0.3) is 11.8 Å². The van der Waals surface area contributed by atoms with Crippen LogP contribution in [0.15, 0.2) is 122 Å². The van der Waals surface area contributed by atoms with Crippen molar-refractivity contribution in [1.29, 1.82) is 15.8 Å². The normalized spacial score (nSPS) is 14.9. The van der Waals surface area contributed by atoms with Crippen molar-refractivity contribution in [2.24, 2.45) is 9.98 Å². The maximum atomic E-state index is 12.1. The minimum absolute atomic E-state index is 0.151. The Labute approximate surface area is 293 Å². The van der Waals surface area contributed by atoms with Crippen molar-refractivity contribution in [2.45, 2.75) is 42.9 Å². The molecule has 8 heteroatoms. The Morgan fingerprint density at radius 2 is 1.20 bits per heavy atom. The molecule has 0 saturated carbocycles. The molecule has 2 aliphatic carbocycles.